The molecule has 108 valence electrons. The number of H-pyrrole nitrogens is 1. The number of rotatable bonds is 4. The Morgan fingerprint density at radius 2 is 2.19 bits per heavy atom. The number of aromatic nitrogens is 4. The second-order valence-electron chi connectivity index (χ2n) is 4.60. The molecule has 3 rings (SSSR count). The van der Waals surface area contributed by atoms with Crippen molar-refractivity contribution in [2.24, 2.45) is 0 Å². The van der Waals surface area contributed by atoms with Crippen molar-refractivity contribution < 1.29 is 0 Å². The molecule has 0 saturated carbocycles. The average Bonchev–Trinajstić information content (AvgIpc) is 2.85. The van der Waals surface area contributed by atoms with Gasteiger partial charge >= 0.3 is 0 Å². The van der Waals surface area contributed by atoms with Gasteiger partial charge in [0.15, 0.2) is 5.82 Å². The zero-order chi connectivity index (χ0) is 14.8. The van der Waals surface area contributed by atoms with Gasteiger partial charge in [0, 0.05) is 17.4 Å². The third-order valence-corrected chi connectivity index (χ3v) is 3.84. The monoisotopic (exact) mass is 319 g/mol. The molecule has 0 radical (unpaired) electrons. The number of aryl methyl sites for hydroxylation is 1. The van der Waals surface area contributed by atoms with Gasteiger partial charge in [-0.25, -0.2) is 9.66 Å². The van der Waals surface area contributed by atoms with E-state index in [1.807, 2.05) is 37.3 Å². The fraction of sp³-hybridized carbons (Fsp3) is 0.214. The topological polar surface area (TPSA) is 58.5 Å². The Bertz CT molecular complexity index is 839. The van der Waals surface area contributed by atoms with Crippen LogP contribution in [0.2, 0.25) is 5.15 Å². The number of pyridine rings is 1. The predicted octanol–water partition coefficient (Wildman–Crippen LogP) is 3.45. The van der Waals surface area contributed by atoms with Crippen LogP contribution in [0.1, 0.15) is 18.3 Å². The van der Waals surface area contributed by atoms with Gasteiger partial charge in [-0.15, -0.1) is 0 Å². The van der Waals surface area contributed by atoms with Crippen molar-refractivity contribution in [2.45, 2.75) is 19.9 Å². The minimum atomic E-state index is 0.495. The SMILES string of the molecule is CCc1n[nH]c(=S)n1NCc1cc2ccccc2nc1Cl. The molecular formula is C14H14ClN5S. The standard InChI is InChI=1S/C14H14ClN5S/c1-2-12-18-19-14(21)20(12)16-8-10-7-9-5-3-4-6-11(9)17-13(10)15/h3-7,16H,2,8H2,1H3,(H,19,21). The van der Waals surface area contributed by atoms with Crippen molar-refractivity contribution >= 4 is 34.7 Å². The van der Waals surface area contributed by atoms with E-state index in [2.05, 4.69) is 20.6 Å². The number of nitrogens with zero attached hydrogens (tertiary/aromatic N) is 3. The molecule has 0 aliphatic carbocycles. The highest BCUT2D eigenvalue weighted by atomic mass is 35.5. The summed E-state index contributed by atoms with van der Waals surface area (Å²) in [7, 11) is 0. The van der Waals surface area contributed by atoms with Gasteiger partial charge in [0.2, 0.25) is 4.77 Å². The lowest BCUT2D eigenvalue weighted by atomic mass is 10.1. The van der Waals surface area contributed by atoms with Crippen LogP contribution >= 0.6 is 23.8 Å². The van der Waals surface area contributed by atoms with E-state index in [0.29, 0.717) is 16.5 Å². The van der Waals surface area contributed by atoms with E-state index in [0.717, 1.165) is 28.7 Å². The van der Waals surface area contributed by atoms with Gasteiger partial charge in [-0.3, -0.25) is 5.10 Å². The molecule has 0 amide bonds. The molecule has 0 fully saturated rings. The molecule has 0 spiro atoms. The Labute approximate surface area is 131 Å². The number of para-hydroxylation sites is 1. The molecular weight excluding hydrogens is 306 g/mol. The Balaban J connectivity index is 1.89. The lowest BCUT2D eigenvalue weighted by Gasteiger charge is -2.11. The number of nitrogens with one attached hydrogen (secondary N) is 2. The lowest BCUT2D eigenvalue weighted by Crippen LogP contribution is -2.17. The summed E-state index contributed by atoms with van der Waals surface area (Å²) in [4.78, 5) is 4.41. The van der Waals surface area contributed by atoms with E-state index in [1.165, 1.54) is 0 Å². The molecule has 0 unspecified atom stereocenters. The number of hydrogen-bond acceptors (Lipinski definition) is 4. The van der Waals surface area contributed by atoms with Gasteiger partial charge in [-0.2, -0.15) is 5.10 Å². The fourth-order valence-electron chi connectivity index (χ4n) is 2.15. The van der Waals surface area contributed by atoms with Crippen LogP contribution in [0.15, 0.2) is 30.3 Å². The van der Waals surface area contributed by atoms with Crippen LogP contribution in [0.4, 0.5) is 0 Å². The second kappa shape index (κ2) is 5.83. The van der Waals surface area contributed by atoms with E-state index in [4.69, 9.17) is 23.8 Å². The average molecular weight is 320 g/mol. The van der Waals surface area contributed by atoms with E-state index in [1.54, 1.807) is 4.68 Å². The van der Waals surface area contributed by atoms with Crippen LogP contribution in [0.25, 0.3) is 10.9 Å². The minimum absolute atomic E-state index is 0.495. The molecule has 2 heterocycles. The van der Waals surface area contributed by atoms with Crippen LogP contribution in [0.3, 0.4) is 0 Å². The molecule has 0 saturated heterocycles. The second-order valence-corrected chi connectivity index (χ2v) is 5.34. The summed E-state index contributed by atoms with van der Waals surface area (Å²) >= 11 is 11.4. The van der Waals surface area contributed by atoms with E-state index in [-0.39, 0.29) is 0 Å². The lowest BCUT2D eigenvalue weighted by molar-refractivity contribution is 0.763. The number of fused-ring (bicyclic) bond motifs is 1. The molecule has 0 aliphatic rings. The van der Waals surface area contributed by atoms with E-state index in [9.17, 15) is 0 Å². The molecule has 5 nitrogen and oxygen atoms in total. The van der Waals surface area contributed by atoms with Crippen LogP contribution in [-0.4, -0.2) is 19.9 Å². The summed E-state index contributed by atoms with van der Waals surface area (Å²) in [6.07, 6.45) is 0.782. The molecule has 0 bridgehead atoms. The summed E-state index contributed by atoms with van der Waals surface area (Å²) in [5.41, 5.74) is 5.04. The largest absolute Gasteiger partial charge is 0.318 e. The van der Waals surface area contributed by atoms with Gasteiger partial charge in [-0.1, -0.05) is 36.7 Å². The Hall–Kier alpha value is -1.92. The highest BCUT2D eigenvalue weighted by Gasteiger charge is 2.07. The Morgan fingerprint density at radius 3 is 3.00 bits per heavy atom. The summed E-state index contributed by atoms with van der Waals surface area (Å²) < 4.78 is 2.30. The Morgan fingerprint density at radius 1 is 1.38 bits per heavy atom. The zero-order valence-corrected chi connectivity index (χ0v) is 13.0. The molecule has 1 aromatic carbocycles. The molecule has 0 aliphatic heterocycles. The fourth-order valence-corrected chi connectivity index (χ4v) is 2.58. The maximum absolute atomic E-state index is 6.25. The van der Waals surface area contributed by atoms with Crippen molar-refractivity contribution in [2.75, 3.05) is 5.43 Å². The molecule has 2 N–H and O–H groups in total. The first-order chi connectivity index (χ1) is 10.2. The van der Waals surface area contributed by atoms with Gasteiger partial charge in [0.1, 0.15) is 5.15 Å². The molecule has 0 atom stereocenters. The van der Waals surface area contributed by atoms with Gasteiger partial charge in [0.25, 0.3) is 0 Å². The zero-order valence-electron chi connectivity index (χ0n) is 11.4. The first-order valence-corrected chi connectivity index (χ1v) is 7.42. The van der Waals surface area contributed by atoms with Crippen molar-refractivity contribution in [3.8, 4) is 0 Å². The Kier molecular flexibility index (Phi) is 3.90. The van der Waals surface area contributed by atoms with Crippen LogP contribution in [-0.2, 0) is 13.0 Å². The van der Waals surface area contributed by atoms with E-state index >= 15 is 0 Å². The quantitative estimate of drug-likeness (QED) is 0.571. The van der Waals surface area contributed by atoms with E-state index < -0.39 is 0 Å². The molecule has 2 aromatic heterocycles. The number of aromatic amines is 1. The van der Waals surface area contributed by atoms with Crippen LogP contribution < -0.4 is 5.43 Å². The number of halogens is 1. The first kappa shape index (κ1) is 14.0. The third-order valence-electron chi connectivity index (χ3n) is 3.24. The molecule has 21 heavy (non-hydrogen) atoms. The van der Waals surface area contributed by atoms with Crippen molar-refractivity contribution in [1.29, 1.82) is 0 Å². The maximum atomic E-state index is 6.25. The molecule has 7 heteroatoms. The summed E-state index contributed by atoms with van der Waals surface area (Å²) in [5.74, 6) is 0.852. The summed E-state index contributed by atoms with van der Waals surface area (Å²) in [6, 6.07) is 9.92. The normalized spacial score (nSPS) is 11.0. The van der Waals surface area contributed by atoms with Gasteiger partial charge in [0.05, 0.1) is 12.1 Å². The van der Waals surface area contributed by atoms with Gasteiger partial charge < -0.3 is 5.43 Å². The van der Waals surface area contributed by atoms with Crippen molar-refractivity contribution in [3.63, 3.8) is 0 Å². The smallest absolute Gasteiger partial charge is 0.214 e. The summed E-state index contributed by atoms with van der Waals surface area (Å²) in [5, 5.41) is 8.48. The van der Waals surface area contributed by atoms with Crippen molar-refractivity contribution in [1.82, 2.24) is 19.9 Å². The van der Waals surface area contributed by atoms with Crippen LogP contribution in [0, 0.1) is 4.77 Å². The van der Waals surface area contributed by atoms with Crippen molar-refractivity contribution in [3.05, 3.63) is 51.6 Å². The predicted molar refractivity (Wildman–Crippen MR) is 86.6 cm³/mol. The minimum Gasteiger partial charge on any atom is -0.318 e. The number of benzene rings is 1. The third kappa shape index (κ3) is 2.77. The maximum Gasteiger partial charge on any atom is 0.214 e. The number of hydrogen-bond donors (Lipinski definition) is 2. The van der Waals surface area contributed by atoms with Crippen LogP contribution in [0.5, 0.6) is 0 Å². The van der Waals surface area contributed by atoms with Gasteiger partial charge in [-0.05, 0) is 24.4 Å². The molecule has 3 aromatic rings. The highest BCUT2D eigenvalue weighted by Crippen LogP contribution is 2.20. The highest BCUT2D eigenvalue weighted by molar-refractivity contribution is 7.71. The first-order valence-electron chi connectivity index (χ1n) is 6.63. The summed E-state index contributed by atoms with van der Waals surface area (Å²) in [6.45, 7) is 2.55.